The van der Waals surface area contributed by atoms with Crippen LogP contribution in [0.1, 0.15) is 31.0 Å². The van der Waals surface area contributed by atoms with Gasteiger partial charge >= 0.3 is 0 Å². The van der Waals surface area contributed by atoms with Crippen molar-refractivity contribution >= 4 is 11.6 Å². The Morgan fingerprint density at radius 3 is 2.45 bits per heavy atom. The fraction of sp³-hybridized carbons (Fsp3) is 0.250. The summed E-state index contributed by atoms with van der Waals surface area (Å²) in [7, 11) is 0. The predicted octanol–water partition coefficient (Wildman–Crippen LogP) is 4.31. The molecule has 2 rings (SSSR count). The topological polar surface area (TPSA) is 35.2 Å². The molecule has 106 valence electrons. The van der Waals surface area contributed by atoms with E-state index in [1.807, 2.05) is 38.1 Å². The molecule has 1 unspecified atom stereocenters. The van der Waals surface area contributed by atoms with E-state index < -0.39 is 11.9 Å². The Morgan fingerprint density at radius 1 is 1.10 bits per heavy atom. The van der Waals surface area contributed by atoms with E-state index in [0.29, 0.717) is 5.56 Å². The SMILES string of the molecule is CC(C)Oc1cccc(C(N)c2ccc(Cl)c(F)c2)c1. The van der Waals surface area contributed by atoms with Crippen molar-refractivity contribution in [3.63, 3.8) is 0 Å². The number of halogens is 2. The molecule has 2 nitrogen and oxygen atoms in total. The highest BCUT2D eigenvalue weighted by Gasteiger charge is 2.12. The van der Waals surface area contributed by atoms with Gasteiger partial charge in [0.15, 0.2) is 0 Å². The summed E-state index contributed by atoms with van der Waals surface area (Å²) in [5, 5.41) is 0.0952. The van der Waals surface area contributed by atoms with E-state index in [1.165, 1.54) is 12.1 Å². The second kappa shape index (κ2) is 6.25. The highest BCUT2D eigenvalue weighted by molar-refractivity contribution is 6.30. The Labute approximate surface area is 123 Å². The van der Waals surface area contributed by atoms with Gasteiger partial charge in [-0.1, -0.05) is 29.8 Å². The first kappa shape index (κ1) is 14.8. The van der Waals surface area contributed by atoms with Gasteiger partial charge in [0.2, 0.25) is 0 Å². The molecule has 2 aromatic rings. The standard InChI is InChI=1S/C16H17ClFNO/c1-10(2)20-13-5-3-4-11(8-13)16(19)12-6-7-14(17)15(18)9-12/h3-10,16H,19H2,1-2H3. The van der Waals surface area contributed by atoms with Gasteiger partial charge in [-0.25, -0.2) is 4.39 Å². The Morgan fingerprint density at radius 2 is 1.80 bits per heavy atom. The molecule has 1 atom stereocenters. The van der Waals surface area contributed by atoms with E-state index in [9.17, 15) is 4.39 Å². The lowest BCUT2D eigenvalue weighted by molar-refractivity contribution is 0.242. The molecule has 0 aliphatic rings. The molecule has 0 aromatic heterocycles. The van der Waals surface area contributed by atoms with Gasteiger partial charge < -0.3 is 10.5 Å². The van der Waals surface area contributed by atoms with Gasteiger partial charge in [0.05, 0.1) is 17.2 Å². The molecule has 4 heteroatoms. The van der Waals surface area contributed by atoms with Crippen molar-refractivity contribution < 1.29 is 9.13 Å². The van der Waals surface area contributed by atoms with Gasteiger partial charge in [0.25, 0.3) is 0 Å². The summed E-state index contributed by atoms with van der Waals surface area (Å²) in [6.07, 6.45) is 0.0921. The fourth-order valence-corrected chi connectivity index (χ4v) is 2.07. The lowest BCUT2D eigenvalue weighted by Gasteiger charge is -2.15. The molecule has 0 saturated heterocycles. The Bertz CT molecular complexity index is 601. The number of hydrogen-bond acceptors (Lipinski definition) is 2. The van der Waals surface area contributed by atoms with Crippen LogP contribution in [0.3, 0.4) is 0 Å². The van der Waals surface area contributed by atoms with Crippen molar-refractivity contribution in [3.8, 4) is 5.75 Å². The summed E-state index contributed by atoms with van der Waals surface area (Å²) < 4.78 is 19.1. The van der Waals surface area contributed by atoms with Crippen LogP contribution in [-0.4, -0.2) is 6.10 Å². The largest absolute Gasteiger partial charge is 0.491 e. The summed E-state index contributed by atoms with van der Waals surface area (Å²) in [5.41, 5.74) is 7.71. The molecule has 2 aromatic carbocycles. The van der Waals surface area contributed by atoms with E-state index in [2.05, 4.69) is 0 Å². The molecule has 2 N–H and O–H groups in total. The average molecular weight is 294 g/mol. The number of nitrogens with two attached hydrogens (primary N) is 1. The molecule has 0 heterocycles. The van der Waals surface area contributed by atoms with Crippen LogP contribution in [0, 0.1) is 5.82 Å². The third-order valence-corrected chi connectivity index (χ3v) is 3.20. The van der Waals surface area contributed by atoms with E-state index >= 15 is 0 Å². The average Bonchev–Trinajstić information content (AvgIpc) is 2.40. The minimum absolute atomic E-state index is 0.0921. The lowest BCUT2D eigenvalue weighted by Crippen LogP contribution is -2.13. The summed E-state index contributed by atoms with van der Waals surface area (Å²) >= 11 is 5.68. The minimum Gasteiger partial charge on any atom is -0.491 e. The maximum absolute atomic E-state index is 13.5. The molecule has 0 bridgehead atoms. The highest BCUT2D eigenvalue weighted by Crippen LogP contribution is 2.26. The third-order valence-electron chi connectivity index (χ3n) is 2.89. The Kier molecular flexibility index (Phi) is 4.63. The van der Waals surface area contributed by atoms with Crippen molar-refractivity contribution in [2.75, 3.05) is 0 Å². The zero-order chi connectivity index (χ0) is 14.7. The van der Waals surface area contributed by atoms with Crippen molar-refractivity contribution in [2.24, 2.45) is 5.73 Å². The Balaban J connectivity index is 2.28. The predicted molar refractivity (Wildman–Crippen MR) is 79.6 cm³/mol. The monoisotopic (exact) mass is 293 g/mol. The summed E-state index contributed by atoms with van der Waals surface area (Å²) in [6, 6.07) is 11.7. The summed E-state index contributed by atoms with van der Waals surface area (Å²) in [5.74, 6) is 0.289. The quantitative estimate of drug-likeness (QED) is 0.911. The van der Waals surface area contributed by atoms with Gasteiger partial charge in [0, 0.05) is 0 Å². The molecule has 0 aliphatic carbocycles. The van der Waals surface area contributed by atoms with Gasteiger partial charge in [-0.3, -0.25) is 0 Å². The van der Waals surface area contributed by atoms with Crippen molar-refractivity contribution in [1.82, 2.24) is 0 Å². The molecular weight excluding hydrogens is 277 g/mol. The van der Waals surface area contributed by atoms with Crippen LogP contribution in [0.15, 0.2) is 42.5 Å². The number of ether oxygens (including phenoxy) is 1. The van der Waals surface area contributed by atoms with Crippen molar-refractivity contribution in [1.29, 1.82) is 0 Å². The van der Waals surface area contributed by atoms with Gasteiger partial charge in [-0.15, -0.1) is 0 Å². The smallest absolute Gasteiger partial charge is 0.142 e. The fourth-order valence-electron chi connectivity index (χ4n) is 1.95. The zero-order valence-electron chi connectivity index (χ0n) is 11.4. The molecule has 0 aliphatic heterocycles. The van der Waals surface area contributed by atoms with Gasteiger partial charge in [-0.2, -0.15) is 0 Å². The van der Waals surface area contributed by atoms with E-state index in [0.717, 1.165) is 11.3 Å². The van der Waals surface area contributed by atoms with Crippen LogP contribution in [0.25, 0.3) is 0 Å². The van der Waals surface area contributed by atoms with E-state index in [1.54, 1.807) is 6.07 Å². The minimum atomic E-state index is -0.464. The Hall–Kier alpha value is -1.58. The van der Waals surface area contributed by atoms with Crippen LogP contribution in [0.5, 0.6) is 5.75 Å². The second-order valence-electron chi connectivity index (χ2n) is 4.89. The molecule has 0 amide bonds. The normalized spacial score (nSPS) is 12.5. The van der Waals surface area contributed by atoms with Crippen LogP contribution >= 0.6 is 11.6 Å². The van der Waals surface area contributed by atoms with Crippen molar-refractivity contribution in [3.05, 3.63) is 64.4 Å². The summed E-state index contributed by atoms with van der Waals surface area (Å²) in [6.45, 7) is 3.92. The first-order valence-corrected chi connectivity index (χ1v) is 6.82. The summed E-state index contributed by atoms with van der Waals surface area (Å²) in [4.78, 5) is 0. The van der Waals surface area contributed by atoms with Gasteiger partial charge in [-0.05, 0) is 49.2 Å². The van der Waals surface area contributed by atoms with Crippen LogP contribution < -0.4 is 10.5 Å². The van der Waals surface area contributed by atoms with E-state index in [-0.39, 0.29) is 11.1 Å². The highest BCUT2D eigenvalue weighted by atomic mass is 35.5. The molecular formula is C16H17ClFNO. The maximum Gasteiger partial charge on any atom is 0.142 e. The van der Waals surface area contributed by atoms with Crippen LogP contribution in [0.2, 0.25) is 5.02 Å². The molecule has 0 radical (unpaired) electrons. The zero-order valence-corrected chi connectivity index (χ0v) is 12.2. The first-order valence-electron chi connectivity index (χ1n) is 6.44. The molecule has 0 fully saturated rings. The third kappa shape index (κ3) is 3.50. The van der Waals surface area contributed by atoms with Crippen LogP contribution in [-0.2, 0) is 0 Å². The van der Waals surface area contributed by atoms with Crippen LogP contribution in [0.4, 0.5) is 4.39 Å². The first-order chi connectivity index (χ1) is 9.47. The van der Waals surface area contributed by atoms with E-state index in [4.69, 9.17) is 22.1 Å². The van der Waals surface area contributed by atoms with Gasteiger partial charge in [0.1, 0.15) is 11.6 Å². The lowest BCUT2D eigenvalue weighted by atomic mass is 9.99. The number of benzene rings is 2. The molecule has 0 spiro atoms. The maximum atomic E-state index is 13.5. The molecule has 0 saturated carbocycles. The second-order valence-corrected chi connectivity index (χ2v) is 5.30. The number of hydrogen-bond donors (Lipinski definition) is 1. The number of rotatable bonds is 4. The van der Waals surface area contributed by atoms with Crippen molar-refractivity contribution in [2.45, 2.75) is 26.0 Å². The molecule has 20 heavy (non-hydrogen) atoms.